The van der Waals surface area contributed by atoms with Crippen molar-refractivity contribution in [2.45, 2.75) is 26.7 Å². The number of amides is 2. The number of aliphatic imine (C=N–C) groups is 1. The largest absolute Gasteiger partial charge is 0.387 e. The molecule has 0 saturated carbocycles. The van der Waals surface area contributed by atoms with Crippen LogP contribution in [-0.2, 0) is 9.63 Å². The first-order chi connectivity index (χ1) is 11.5. The Hall–Kier alpha value is -2.74. The standard InChI is InChI=1S/C16H21N5O3/c1-3-5-21(24-4-2)16(23)10-6-11-9-19-13(15(18)22)8-12(11)20-14(17)7-10/h6,8-9H,3-5,7H2,1-2H3,(H2,17,20)(H2,18,22). The van der Waals surface area contributed by atoms with Crippen LogP contribution < -0.4 is 11.5 Å². The van der Waals surface area contributed by atoms with E-state index in [9.17, 15) is 9.59 Å². The number of pyridine rings is 1. The highest BCUT2D eigenvalue weighted by Crippen LogP contribution is 2.27. The van der Waals surface area contributed by atoms with Crippen LogP contribution in [-0.4, -0.2) is 40.8 Å². The summed E-state index contributed by atoms with van der Waals surface area (Å²) in [6.45, 7) is 4.65. The molecule has 128 valence electrons. The first-order valence-electron chi connectivity index (χ1n) is 7.74. The Kier molecular flexibility index (Phi) is 5.64. The summed E-state index contributed by atoms with van der Waals surface area (Å²) in [4.78, 5) is 37.6. The van der Waals surface area contributed by atoms with Gasteiger partial charge in [0, 0.05) is 30.3 Å². The van der Waals surface area contributed by atoms with Crippen LogP contribution in [0.4, 0.5) is 5.69 Å². The van der Waals surface area contributed by atoms with Crippen LogP contribution in [0.1, 0.15) is 42.7 Å². The quantitative estimate of drug-likeness (QED) is 0.757. The van der Waals surface area contributed by atoms with Crippen molar-refractivity contribution < 1.29 is 14.4 Å². The van der Waals surface area contributed by atoms with Gasteiger partial charge in [0.15, 0.2) is 0 Å². The molecule has 0 fully saturated rings. The fourth-order valence-corrected chi connectivity index (χ4v) is 2.31. The zero-order valence-electron chi connectivity index (χ0n) is 13.8. The molecular formula is C16H21N5O3. The molecule has 1 aromatic rings. The zero-order chi connectivity index (χ0) is 17.7. The molecule has 8 heteroatoms. The van der Waals surface area contributed by atoms with Crippen molar-refractivity contribution in [1.82, 2.24) is 10.0 Å². The van der Waals surface area contributed by atoms with Crippen molar-refractivity contribution in [3.8, 4) is 0 Å². The van der Waals surface area contributed by atoms with Gasteiger partial charge >= 0.3 is 0 Å². The molecule has 1 aliphatic heterocycles. The first-order valence-corrected chi connectivity index (χ1v) is 7.74. The number of carbonyl (C=O) groups is 2. The van der Waals surface area contributed by atoms with Crippen LogP contribution in [0.2, 0.25) is 0 Å². The van der Waals surface area contributed by atoms with E-state index in [1.54, 1.807) is 6.08 Å². The summed E-state index contributed by atoms with van der Waals surface area (Å²) in [6, 6.07) is 1.46. The summed E-state index contributed by atoms with van der Waals surface area (Å²) < 4.78 is 0. The molecule has 2 heterocycles. The number of nitrogens with two attached hydrogens (primary N) is 2. The molecule has 2 rings (SSSR count). The average Bonchev–Trinajstić information content (AvgIpc) is 2.71. The number of fused-ring (bicyclic) bond motifs is 1. The summed E-state index contributed by atoms with van der Waals surface area (Å²) in [5.74, 6) is -0.645. The van der Waals surface area contributed by atoms with Gasteiger partial charge in [-0.25, -0.2) is 10.1 Å². The Morgan fingerprint density at radius 1 is 1.38 bits per heavy atom. The number of carbonyl (C=O) groups excluding carboxylic acids is 2. The van der Waals surface area contributed by atoms with E-state index in [4.69, 9.17) is 16.3 Å². The fourth-order valence-electron chi connectivity index (χ4n) is 2.31. The van der Waals surface area contributed by atoms with Crippen LogP contribution >= 0.6 is 0 Å². The van der Waals surface area contributed by atoms with Gasteiger partial charge in [-0.05, 0) is 25.5 Å². The third kappa shape index (κ3) is 3.96. The molecule has 0 atom stereocenters. The Bertz CT molecular complexity index is 706. The Morgan fingerprint density at radius 3 is 2.75 bits per heavy atom. The number of primary amides is 1. The van der Waals surface area contributed by atoms with Crippen molar-refractivity contribution in [3.05, 3.63) is 29.1 Å². The van der Waals surface area contributed by atoms with E-state index in [1.165, 1.54) is 17.3 Å². The van der Waals surface area contributed by atoms with Gasteiger partial charge in [-0.3, -0.25) is 19.4 Å². The zero-order valence-corrected chi connectivity index (χ0v) is 13.8. The van der Waals surface area contributed by atoms with E-state index < -0.39 is 5.91 Å². The Labute approximate surface area is 140 Å². The highest BCUT2D eigenvalue weighted by molar-refractivity contribution is 6.05. The third-order valence-electron chi connectivity index (χ3n) is 3.34. The van der Waals surface area contributed by atoms with Crippen molar-refractivity contribution in [2.24, 2.45) is 16.5 Å². The maximum atomic E-state index is 12.7. The minimum absolute atomic E-state index is 0.0930. The van der Waals surface area contributed by atoms with Crippen molar-refractivity contribution in [1.29, 1.82) is 0 Å². The highest BCUT2D eigenvalue weighted by Gasteiger charge is 2.22. The number of hydroxylamine groups is 2. The molecular weight excluding hydrogens is 310 g/mol. The lowest BCUT2D eigenvalue weighted by Crippen LogP contribution is -2.34. The predicted octanol–water partition coefficient (Wildman–Crippen LogP) is 1.15. The molecule has 2 amide bonds. The van der Waals surface area contributed by atoms with Gasteiger partial charge in [0.25, 0.3) is 11.8 Å². The fraction of sp³-hybridized carbons (Fsp3) is 0.375. The second kappa shape index (κ2) is 7.69. The normalized spacial score (nSPS) is 13.4. The minimum Gasteiger partial charge on any atom is -0.387 e. The lowest BCUT2D eigenvalue weighted by Gasteiger charge is -2.21. The van der Waals surface area contributed by atoms with Gasteiger partial charge in [0.1, 0.15) is 11.5 Å². The number of aromatic nitrogens is 1. The van der Waals surface area contributed by atoms with Crippen LogP contribution in [0, 0.1) is 0 Å². The van der Waals surface area contributed by atoms with E-state index in [0.717, 1.165) is 6.42 Å². The summed E-state index contributed by atoms with van der Waals surface area (Å²) in [7, 11) is 0. The van der Waals surface area contributed by atoms with Crippen LogP contribution in [0.15, 0.2) is 22.8 Å². The van der Waals surface area contributed by atoms with Gasteiger partial charge < -0.3 is 11.5 Å². The molecule has 1 aliphatic rings. The summed E-state index contributed by atoms with van der Waals surface area (Å²) in [6.07, 6.45) is 4.07. The molecule has 24 heavy (non-hydrogen) atoms. The Morgan fingerprint density at radius 2 is 2.12 bits per heavy atom. The number of hydrogen-bond acceptors (Lipinski definition) is 6. The molecule has 0 unspecified atom stereocenters. The van der Waals surface area contributed by atoms with Crippen LogP contribution in [0.5, 0.6) is 0 Å². The molecule has 0 aliphatic carbocycles. The second-order valence-electron chi connectivity index (χ2n) is 5.27. The summed E-state index contributed by atoms with van der Waals surface area (Å²) >= 11 is 0. The molecule has 0 saturated heterocycles. The highest BCUT2D eigenvalue weighted by atomic mass is 16.7. The maximum absolute atomic E-state index is 12.7. The molecule has 0 radical (unpaired) electrons. The van der Waals surface area contributed by atoms with E-state index in [0.29, 0.717) is 30.0 Å². The minimum atomic E-state index is -0.651. The average molecular weight is 331 g/mol. The van der Waals surface area contributed by atoms with Gasteiger partial charge in [-0.2, -0.15) is 0 Å². The monoisotopic (exact) mass is 331 g/mol. The summed E-state index contributed by atoms with van der Waals surface area (Å²) in [5, 5.41) is 1.33. The lowest BCUT2D eigenvalue weighted by molar-refractivity contribution is -0.180. The number of nitrogens with zero attached hydrogens (tertiary/aromatic N) is 3. The van der Waals surface area contributed by atoms with Crippen molar-refractivity contribution >= 4 is 29.4 Å². The molecule has 4 N–H and O–H groups in total. The van der Waals surface area contributed by atoms with Gasteiger partial charge in [-0.15, -0.1) is 0 Å². The SMILES string of the molecule is CCCN(OCC)C(=O)C1=Cc2cnc(C(N)=O)cc2N=C(N)C1. The first kappa shape index (κ1) is 17.6. The number of rotatable bonds is 6. The van der Waals surface area contributed by atoms with Gasteiger partial charge in [0.05, 0.1) is 12.3 Å². The molecule has 8 nitrogen and oxygen atoms in total. The van der Waals surface area contributed by atoms with E-state index >= 15 is 0 Å². The van der Waals surface area contributed by atoms with E-state index in [2.05, 4.69) is 9.98 Å². The van der Waals surface area contributed by atoms with Gasteiger partial charge in [0.2, 0.25) is 0 Å². The van der Waals surface area contributed by atoms with E-state index in [1.807, 2.05) is 13.8 Å². The Balaban J connectivity index is 2.40. The van der Waals surface area contributed by atoms with E-state index in [-0.39, 0.29) is 23.9 Å². The molecule has 1 aromatic heterocycles. The smallest absolute Gasteiger partial charge is 0.273 e. The van der Waals surface area contributed by atoms with Crippen LogP contribution in [0.25, 0.3) is 6.08 Å². The predicted molar refractivity (Wildman–Crippen MR) is 90.3 cm³/mol. The number of hydrogen-bond donors (Lipinski definition) is 2. The van der Waals surface area contributed by atoms with Gasteiger partial charge in [-0.1, -0.05) is 6.92 Å². The topological polar surface area (TPSA) is 124 Å². The van der Waals surface area contributed by atoms with Crippen LogP contribution in [0.3, 0.4) is 0 Å². The molecule has 0 spiro atoms. The maximum Gasteiger partial charge on any atom is 0.273 e. The second-order valence-corrected chi connectivity index (χ2v) is 5.27. The lowest BCUT2D eigenvalue weighted by atomic mass is 10.1. The van der Waals surface area contributed by atoms with Crippen molar-refractivity contribution in [3.63, 3.8) is 0 Å². The number of amidine groups is 1. The summed E-state index contributed by atoms with van der Waals surface area (Å²) in [5.41, 5.74) is 12.7. The third-order valence-corrected chi connectivity index (χ3v) is 3.34. The molecule has 0 bridgehead atoms. The van der Waals surface area contributed by atoms with Crippen molar-refractivity contribution in [2.75, 3.05) is 13.2 Å². The molecule has 0 aromatic carbocycles.